The lowest BCUT2D eigenvalue weighted by molar-refractivity contribution is -0.136. The minimum atomic E-state index is -3.75. The lowest BCUT2D eigenvalue weighted by atomic mass is 9.87. The van der Waals surface area contributed by atoms with E-state index in [0.29, 0.717) is 29.7 Å². The summed E-state index contributed by atoms with van der Waals surface area (Å²) in [6.45, 7) is 1.33. The Morgan fingerprint density at radius 3 is 2.34 bits per heavy atom. The van der Waals surface area contributed by atoms with Crippen LogP contribution in [0.5, 0.6) is 0 Å². The van der Waals surface area contributed by atoms with Gasteiger partial charge in [0.15, 0.2) is 15.5 Å². The van der Waals surface area contributed by atoms with Gasteiger partial charge in [-0.25, -0.2) is 13.4 Å². The number of fused-ring (bicyclic) bond motifs is 3. The maximum Gasteiger partial charge on any atom is 0.242 e. The van der Waals surface area contributed by atoms with Gasteiger partial charge in [0.1, 0.15) is 10.7 Å². The fourth-order valence-electron chi connectivity index (χ4n) is 6.31. The summed E-state index contributed by atoms with van der Waals surface area (Å²) in [6, 6.07) is 13.6. The smallest absolute Gasteiger partial charge is 0.242 e. The number of nitrogens with zero attached hydrogens (tertiary/aromatic N) is 5. The van der Waals surface area contributed by atoms with Crippen molar-refractivity contribution in [2.24, 2.45) is 0 Å². The zero-order valence-electron chi connectivity index (χ0n) is 22.8. The van der Waals surface area contributed by atoms with Gasteiger partial charge in [-0.05, 0) is 31.7 Å². The standard InChI is InChI=1S/C29H31N7O4S/c1-17(37)31-16-25(38)35-21-9-10-22(35)13-20(12-21)26-27(41(2,39)40)28(30)36-29(34-26)23(15-33-36)19-8-11-24(32-14-19)18-6-4-3-5-7-18/h3-8,11,14-15,20-22H,9-10,12-13,16,30H2,1-2H3,(H,31,37)/t20-,21+,22-. The Bertz CT molecular complexity index is 1740. The van der Waals surface area contributed by atoms with Gasteiger partial charge in [0, 0.05) is 54.1 Å². The zero-order chi connectivity index (χ0) is 28.9. The third-order valence-corrected chi connectivity index (χ3v) is 9.23. The molecule has 2 aliphatic rings. The van der Waals surface area contributed by atoms with Crippen LogP contribution in [0.4, 0.5) is 5.82 Å². The number of nitrogens with one attached hydrogen (secondary N) is 1. The molecule has 1 aromatic carbocycles. The van der Waals surface area contributed by atoms with Crippen LogP contribution in [0.15, 0.2) is 59.8 Å². The van der Waals surface area contributed by atoms with Crippen molar-refractivity contribution in [3.8, 4) is 22.4 Å². The molecule has 0 radical (unpaired) electrons. The predicted molar refractivity (Wildman–Crippen MR) is 153 cm³/mol. The van der Waals surface area contributed by atoms with Crippen LogP contribution in [0.2, 0.25) is 0 Å². The van der Waals surface area contributed by atoms with E-state index in [2.05, 4.69) is 15.4 Å². The number of carbonyl (C=O) groups excluding carboxylic acids is 2. The Morgan fingerprint density at radius 2 is 1.73 bits per heavy atom. The van der Waals surface area contributed by atoms with E-state index >= 15 is 0 Å². The molecule has 3 aromatic heterocycles. The number of carbonyl (C=O) groups is 2. The van der Waals surface area contributed by atoms with E-state index in [1.807, 2.05) is 47.4 Å². The number of rotatable bonds is 6. The second-order valence-corrected chi connectivity index (χ2v) is 12.8. The Labute approximate surface area is 237 Å². The van der Waals surface area contributed by atoms with Gasteiger partial charge in [0.05, 0.1) is 24.1 Å². The normalized spacial score (nSPS) is 20.3. The fraction of sp³-hybridized carbons (Fsp3) is 0.345. The molecule has 6 rings (SSSR count). The highest BCUT2D eigenvalue weighted by atomic mass is 32.2. The summed E-state index contributed by atoms with van der Waals surface area (Å²) in [6.07, 6.45) is 7.26. The van der Waals surface area contributed by atoms with Crippen LogP contribution in [0.3, 0.4) is 0 Å². The number of benzene rings is 1. The third kappa shape index (κ3) is 4.92. The molecule has 2 fully saturated rings. The van der Waals surface area contributed by atoms with Gasteiger partial charge in [-0.15, -0.1) is 0 Å². The monoisotopic (exact) mass is 573 g/mol. The summed E-state index contributed by atoms with van der Waals surface area (Å²) in [5.74, 6) is -0.574. The molecule has 2 aliphatic heterocycles. The number of amides is 2. The average molecular weight is 574 g/mol. The van der Waals surface area contributed by atoms with Gasteiger partial charge in [-0.3, -0.25) is 14.6 Å². The third-order valence-electron chi connectivity index (χ3n) is 8.07. The second kappa shape index (κ2) is 10.3. The molecule has 2 bridgehead atoms. The summed E-state index contributed by atoms with van der Waals surface area (Å²) in [4.78, 5) is 35.6. The largest absolute Gasteiger partial charge is 0.382 e. The molecule has 12 heteroatoms. The van der Waals surface area contributed by atoms with Crippen molar-refractivity contribution >= 4 is 33.1 Å². The van der Waals surface area contributed by atoms with Crippen LogP contribution in [-0.4, -0.2) is 69.6 Å². The Balaban J connectivity index is 1.38. The SMILES string of the molecule is CC(=O)NCC(=O)N1[C@@H]2CC[C@H]1C[C@@H](c1nc3c(-c4ccc(-c5ccccc5)nc4)cnn3c(N)c1S(C)(=O)=O)C2. The van der Waals surface area contributed by atoms with E-state index in [4.69, 9.17) is 10.7 Å². The quantitative estimate of drug-likeness (QED) is 0.357. The number of hydrogen-bond acceptors (Lipinski definition) is 8. The molecule has 0 unspecified atom stereocenters. The highest BCUT2D eigenvalue weighted by Crippen LogP contribution is 2.45. The number of pyridine rings is 1. The zero-order valence-corrected chi connectivity index (χ0v) is 23.6. The van der Waals surface area contributed by atoms with Crippen molar-refractivity contribution in [2.75, 3.05) is 18.5 Å². The van der Waals surface area contributed by atoms with E-state index in [-0.39, 0.29) is 47.1 Å². The van der Waals surface area contributed by atoms with Crippen LogP contribution < -0.4 is 11.1 Å². The summed E-state index contributed by atoms with van der Waals surface area (Å²) in [7, 11) is -3.75. The van der Waals surface area contributed by atoms with Gasteiger partial charge in [0.25, 0.3) is 0 Å². The maximum absolute atomic E-state index is 13.0. The van der Waals surface area contributed by atoms with Gasteiger partial charge >= 0.3 is 0 Å². The van der Waals surface area contributed by atoms with E-state index < -0.39 is 9.84 Å². The van der Waals surface area contributed by atoms with Crippen LogP contribution >= 0.6 is 0 Å². The molecule has 4 aromatic rings. The average Bonchev–Trinajstić information content (AvgIpc) is 3.49. The van der Waals surface area contributed by atoms with Crippen molar-refractivity contribution in [3.05, 3.63) is 60.6 Å². The molecule has 212 valence electrons. The summed E-state index contributed by atoms with van der Waals surface area (Å²) < 4.78 is 27.4. The molecular weight excluding hydrogens is 542 g/mol. The van der Waals surface area contributed by atoms with Gasteiger partial charge in [0.2, 0.25) is 11.8 Å². The van der Waals surface area contributed by atoms with Crippen molar-refractivity contribution in [2.45, 2.75) is 55.5 Å². The molecule has 3 N–H and O–H groups in total. The van der Waals surface area contributed by atoms with Crippen LogP contribution in [-0.2, 0) is 19.4 Å². The first-order valence-electron chi connectivity index (χ1n) is 13.6. The topological polar surface area (TPSA) is 153 Å². The summed E-state index contributed by atoms with van der Waals surface area (Å²) in [5.41, 5.74) is 10.7. The number of nitrogens with two attached hydrogens (primary N) is 1. The molecule has 3 atom stereocenters. The lowest BCUT2D eigenvalue weighted by Crippen LogP contribution is -2.49. The minimum Gasteiger partial charge on any atom is -0.382 e. The number of anilines is 1. The van der Waals surface area contributed by atoms with Crippen LogP contribution in [0.1, 0.15) is 44.2 Å². The first-order chi connectivity index (χ1) is 19.6. The molecular formula is C29H31N7O4S. The Kier molecular flexibility index (Phi) is 6.72. The molecule has 0 spiro atoms. The van der Waals surface area contributed by atoms with Crippen molar-refractivity contribution in [1.82, 2.24) is 29.8 Å². The van der Waals surface area contributed by atoms with E-state index in [1.54, 1.807) is 12.4 Å². The molecule has 2 saturated heterocycles. The highest BCUT2D eigenvalue weighted by Gasteiger charge is 2.45. The Morgan fingerprint density at radius 1 is 1.02 bits per heavy atom. The Hall–Kier alpha value is -4.32. The van der Waals surface area contributed by atoms with Gasteiger partial charge in [-0.2, -0.15) is 9.61 Å². The fourth-order valence-corrected chi connectivity index (χ4v) is 7.37. The molecule has 0 saturated carbocycles. The minimum absolute atomic E-state index is 0.0142. The van der Waals surface area contributed by atoms with Gasteiger partial charge in [-0.1, -0.05) is 36.4 Å². The summed E-state index contributed by atoms with van der Waals surface area (Å²) >= 11 is 0. The molecule has 0 aliphatic carbocycles. The van der Waals surface area contributed by atoms with Crippen molar-refractivity contribution in [1.29, 1.82) is 0 Å². The number of sulfone groups is 1. The van der Waals surface area contributed by atoms with E-state index in [1.165, 1.54) is 11.4 Å². The first kappa shape index (κ1) is 26.9. The first-order valence-corrected chi connectivity index (χ1v) is 15.5. The molecule has 11 nitrogen and oxygen atoms in total. The lowest BCUT2D eigenvalue weighted by Gasteiger charge is -2.39. The maximum atomic E-state index is 13.0. The van der Waals surface area contributed by atoms with Gasteiger partial charge < -0.3 is 16.0 Å². The van der Waals surface area contributed by atoms with Crippen LogP contribution in [0.25, 0.3) is 28.0 Å². The van der Waals surface area contributed by atoms with Crippen molar-refractivity contribution in [3.63, 3.8) is 0 Å². The number of piperidine rings is 1. The predicted octanol–water partition coefficient (Wildman–Crippen LogP) is 2.82. The van der Waals surface area contributed by atoms with Crippen molar-refractivity contribution < 1.29 is 18.0 Å². The molecule has 2 amide bonds. The number of aromatic nitrogens is 4. The summed E-state index contributed by atoms with van der Waals surface area (Å²) in [5, 5.41) is 6.99. The van der Waals surface area contributed by atoms with E-state index in [0.717, 1.165) is 35.9 Å². The number of hydrogen-bond donors (Lipinski definition) is 2. The highest BCUT2D eigenvalue weighted by molar-refractivity contribution is 7.91. The second-order valence-electron chi connectivity index (χ2n) is 10.8. The molecule has 41 heavy (non-hydrogen) atoms. The number of nitrogen functional groups attached to an aromatic ring is 1. The van der Waals surface area contributed by atoms with Crippen LogP contribution in [0, 0.1) is 0 Å². The van der Waals surface area contributed by atoms with E-state index in [9.17, 15) is 18.0 Å². The molecule has 5 heterocycles.